The second-order valence-corrected chi connectivity index (χ2v) is 3.11. The lowest BCUT2D eigenvalue weighted by atomic mass is 10.3. The van der Waals surface area contributed by atoms with Gasteiger partial charge in [0.05, 0.1) is 12.5 Å². The van der Waals surface area contributed by atoms with Crippen LogP contribution in [0, 0.1) is 0 Å². The van der Waals surface area contributed by atoms with Gasteiger partial charge in [-0.05, 0) is 25.0 Å². The topological polar surface area (TPSA) is 22.4 Å². The maximum atomic E-state index is 5.31. The van der Waals surface area contributed by atoms with Crippen LogP contribution in [-0.4, -0.2) is 13.2 Å². The van der Waals surface area contributed by atoms with E-state index in [0.29, 0.717) is 0 Å². The van der Waals surface area contributed by atoms with E-state index in [1.54, 1.807) is 12.5 Å². The molecule has 0 bridgehead atoms. The van der Waals surface area contributed by atoms with Crippen molar-refractivity contribution in [1.82, 2.24) is 0 Å². The van der Waals surface area contributed by atoms with Crippen molar-refractivity contribution in [3.63, 3.8) is 0 Å². The summed E-state index contributed by atoms with van der Waals surface area (Å²) in [5.41, 5.74) is 0. The molecule has 0 radical (unpaired) electrons. The summed E-state index contributed by atoms with van der Waals surface area (Å²) >= 11 is 0. The first-order valence-electron chi connectivity index (χ1n) is 5.46. The normalized spacial score (nSPS) is 9.29. The summed E-state index contributed by atoms with van der Waals surface area (Å²) in [5.74, 6) is 0. The minimum absolute atomic E-state index is 0.955. The number of hydrogen-bond donors (Lipinski definition) is 0. The summed E-state index contributed by atoms with van der Waals surface area (Å²) < 4.78 is 9.90. The van der Waals surface area contributed by atoms with Gasteiger partial charge >= 0.3 is 0 Å². The number of ether oxygens (including phenoxy) is 1. The van der Waals surface area contributed by atoms with E-state index in [1.165, 1.54) is 25.7 Å². The molecule has 0 saturated heterocycles. The van der Waals surface area contributed by atoms with E-state index in [-0.39, 0.29) is 0 Å². The molecule has 0 amide bonds. The van der Waals surface area contributed by atoms with Gasteiger partial charge in [-0.3, -0.25) is 0 Å². The fraction of sp³-hybridized carbons (Fsp3) is 0.667. The first kappa shape index (κ1) is 13.2. The van der Waals surface area contributed by atoms with Crippen molar-refractivity contribution < 1.29 is 9.15 Å². The molecule has 0 aliphatic rings. The highest BCUT2D eigenvalue weighted by Crippen LogP contribution is 1.91. The largest absolute Gasteiger partial charge is 0.473 e. The van der Waals surface area contributed by atoms with Gasteiger partial charge in [-0.25, -0.2) is 0 Å². The fourth-order valence-corrected chi connectivity index (χ4v) is 0.822. The molecular weight excluding hydrogens is 176 g/mol. The van der Waals surface area contributed by atoms with Crippen LogP contribution in [0.1, 0.15) is 39.5 Å². The number of rotatable bonds is 6. The number of furan rings is 1. The molecule has 0 fully saturated rings. The Bertz CT molecular complexity index is 136. The van der Waals surface area contributed by atoms with Crippen LogP contribution in [0.15, 0.2) is 29.1 Å². The Kier molecular flexibility index (Phi) is 11.6. The lowest BCUT2D eigenvalue weighted by Crippen LogP contribution is -1.95. The van der Waals surface area contributed by atoms with Crippen LogP contribution in [-0.2, 0) is 4.74 Å². The average Bonchev–Trinajstić information content (AvgIpc) is 2.76. The van der Waals surface area contributed by atoms with Crippen LogP contribution >= 0.6 is 0 Å². The van der Waals surface area contributed by atoms with Gasteiger partial charge in [-0.2, -0.15) is 0 Å². The van der Waals surface area contributed by atoms with Crippen molar-refractivity contribution in [2.24, 2.45) is 0 Å². The minimum atomic E-state index is 0.955. The summed E-state index contributed by atoms with van der Waals surface area (Å²) in [7, 11) is 0. The van der Waals surface area contributed by atoms with Gasteiger partial charge in [-0.15, -0.1) is 0 Å². The summed E-state index contributed by atoms with van der Waals surface area (Å²) in [6.07, 6.45) is 8.16. The molecule has 0 spiro atoms. The molecular formula is C12H22O2. The van der Waals surface area contributed by atoms with Crippen molar-refractivity contribution in [2.45, 2.75) is 39.5 Å². The molecule has 0 unspecified atom stereocenters. The number of hydrogen-bond acceptors (Lipinski definition) is 2. The lowest BCUT2D eigenvalue weighted by Gasteiger charge is -1.99. The Morgan fingerprint density at radius 1 is 0.929 bits per heavy atom. The Morgan fingerprint density at radius 3 is 1.71 bits per heavy atom. The van der Waals surface area contributed by atoms with Crippen LogP contribution < -0.4 is 0 Å². The predicted octanol–water partition coefficient (Wildman–Crippen LogP) is 3.88. The minimum Gasteiger partial charge on any atom is -0.473 e. The highest BCUT2D eigenvalue weighted by Gasteiger charge is 1.84. The third-order valence-corrected chi connectivity index (χ3v) is 1.71. The van der Waals surface area contributed by atoms with E-state index >= 15 is 0 Å². The zero-order chi connectivity index (χ0) is 10.5. The highest BCUT2D eigenvalue weighted by atomic mass is 16.5. The summed E-state index contributed by atoms with van der Waals surface area (Å²) in [4.78, 5) is 0. The van der Waals surface area contributed by atoms with Gasteiger partial charge in [0.15, 0.2) is 0 Å². The van der Waals surface area contributed by atoms with Crippen LogP contribution in [0.5, 0.6) is 0 Å². The van der Waals surface area contributed by atoms with Crippen molar-refractivity contribution in [3.05, 3.63) is 24.7 Å². The van der Waals surface area contributed by atoms with Crippen molar-refractivity contribution in [3.8, 4) is 0 Å². The van der Waals surface area contributed by atoms with Gasteiger partial charge in [-0.1, -0.05) is 26.7 Å². The Labute approximate surface area is 87.3 Å². The van der Waals surface area contributed by atoms with E-state index in [0.717, 1.165) is 13.2 Å². The third-order valence-electron chi connectivity index (χ3n) is 1.71. The standard InChI is InChI=1S/C8H18O.C4H4O/c1-3-5-7-9-8-6-4-2;1-2-4-5-3-1/h3-8H2,1-2H3;1-4H. The Balaban J connectivity index is 0.000000280. The van der Waals surface area contributed by atoms with Crippen molar-refractivity contribution >= 4 is 0 Å². The fourth-order valence-electron chi connectivity index (χ4n) is 0.822. The lowest BCUT2D eigenvalue weighted by molar-refractivity contribution is 0.128. The van der Waals surface area contributed by atoms with Gasteiger partial charge in [0.1, 0.15) is 0 Å². The second kappa shape index (κ2) is 12.2. The molecule has 0 aromatic carbocycles. The molecule has 1 aromatic heterocycles. The molecule has 2 nitrogen and oxygen atoms in total. The first-order chi connectivity index (χ1) is 6.91. The maximum absolute atomic E-state index is 5.31. The molecule has 2 heteroatoms. The summed E-state index contributed by atoms with van der Waals surface area (Å²) in [6.45, 7) is 6.28. The van der Waals surface area contributed by atoms with Crippen LogP contribution in [0.4, 0.5) is 0 Å². The van der Waals surface area contributed by atoms with Gasteiger partial charge in [0.25, 0.3) is 0 Å². The average molecular weight is 198 g/mol. The third kappa shape index (κ3) is 11.2. The van der Waals surface area contributed by atoms with E-state index in [2.05, 4.69) is 18.3 Å². The van der Waals surface area contributed by atoms with Gasteiger partial charge in [0.2, 0.25) is 0 Å². The quantitative estimate of drug-likeness (QED) is 0.647. The molecule has 1 aromatic rings. The maximum Gasteiger partial charge on any atom is 0.0902 e. The van der Waals surface area contributed by atoms with Crippen LogP contribution in [0.25, 0.3) is 0 Å². The highest BCUT2D eigenvalue weighted by molar-refractivity contribution is 4.79. The number of unbranched alkanes of at least 4 members (excludes halogenated alkanes) is 2. The van der Waals surface area contributed by atoms with E-state index in [1.807, 2.05) is 12.1 Å². The summed E-state index contributed by atoms with van der Waals surface area (Å²) in [6, 6.07) is 3.67. The summed E-state index contributed by atoms with van der Waals surface area (Å²) in [5, 5.41) is 0. The van der Waals surface area contributed by atoms with Gasteiger partial charge in [0, 0.05) is 13.2 Å². The van der Waals surface area contributed by atoms with E-state index in [4.69, 9.17) is 4.74 Å². The van der Waals surface area contributed by atoms with Crippen molar-refractivity contribution in [2.75, 3.05) is 13.2 Å². The Morgan fingerprint density at radius 2 is 1.43 bits per heavy atom. The smallest absolute Gasteiger partial charge is 0.0902 e. The molecule has 0 saturated carbocycles. The molecule has 1 heterocycles. The van der Waals surface area contributed by atoms with Crippen LogP contribution in [0.3, 0.4) is 0 Å². The van der Waals surface area contributed by atoms with E-state index < -0.39 is 0 Å². The van der Waals surface area contributed by atoms with Gasteiger partial charge < -0.3 is 9.15 Å². The zero-order valence-electron chi connectivity index (χ0n) is 9.37. The van der Waals surface area contributed by atoms with Crippen molar-refractivity contribution in [1.29, 1.82) is 0 Å². The molecule has 0 atom stereocenters. The molecule has 1 rings (SSSR count). The molecule has 0 N–H and O–H groups in total. The molecule has 0 aliphatic heterocycles. The second-order valence-electron chi connectivity index (χ2n) is 3.11. The molecule has 14 heavy (non-hydrogen) atoms. The Hall–Kier alpha value is -0.760. The molecule has 82 valence electrons. The predicted molar refractivity (Wildman–Crippen MR) is 59.3 cm³/mol. The SMILES string of the molecule is CCCCOCCCC.c1ccoc1. The first-order valence-corrected chi connectivity index (χ1v) is 5.46. The van der Waals surface area contributed by atoms with Crippen LogP contribution in [0.2, 0.25) is 0 Å². The van der Waals surface area contributed by atoms with E-state index in [9.17, 15) is 0 Å². The molecule has 0 aliphatic carbocycles. The zero-order valence-corrected chi connectivity index (χ0v) is 9.37. The monoisotopic (exact) mass is 198 g/mol.